The predicted molar refractivity (Wildman–Crippen MR) is 109 cm³/mol. The Labute approximate surface area is 168 Å². The van der Waals surface area contributed by atoms with Gasteiger partial charge in [0.1, 0.15) is 10.1 Å². The van der Waals surface area contributed by atoms with Gasteiger partial charge >= 0.3 is 0 Å². The van der Waals surface area contributed by atoms with Crippen LogP contribution in [0.4, 0.5) is 4.39 Å². The first-order valence-electron chi connectivity index (χ1n) is 9.04. The molecule has 5 nitrogen and oxygen atoms in total. The van der Waals surface area contributed by atoms with Crippen molar-refractivity contribution >= 4 is 46.2 Å². The molecular weight excluding hydrogens is 385 g/mol. The molecule has 2 fully saturated rings. The molecule has 27 heavy (non-hydrogen) atoms. The van der Waals surface area contributed by atoms with E-state index in [2.05, 4.69) is 7.05 Å². The number of thioether (sulfide) groups is 1. The minimum atomic E-state index is -0.314. The van der Waals surface area contributed by atoms with Crippen LogP contribution in [-0.2, 0) is 9.59 Å². The van der Waals surface area contributed by atoms with Gasteiger partial charge in [-0.2, -0.15) is 0 Å². The molecule has 0 unspecified atom stereocenters. The van der Waals surface area contributed by atoms with Gasteiger partial charge in [0.05, 0.1) is 38.1 Å². The van der Waals surface area contributed by atoms with Crippen molar-refractivity contribution in [2.24, 2.45) is 0 Å². The molecule has 2 amide bonds. The second kappa shape index (κ2) is 8.95. The lowest BCUT2D eigenvalue weighted by Crippen LogP contribution is -3.12. The van der Waals surface area contributed by atoms with Crippen LogP contribution in [0.15, 0.2) is 29.2 Å². The molecule has 0 saturated carbocycles. The van der Waals surface area contributed by atoms with Gasteiger partial charge < -0.3 is 9.80 Å². The van der Waals surface area contributed by atoms with Crippen molar-refractivity contribution in [1.29, 1.82) is 0 Å². The van der Waals surface area contributed by atoms with E-state index in [4.69, 9.17) is 12.2 Å². The Morgan fingerprint density at radius 3 is 2.63 bits per heavy atom. The van der Waals surface area contributed by atoms with Gasteiger partial charge in [0.2, 0.25) is 5.91 Å². The fourth-order valence-electron chi connectivity index (χ4n) is 3.09. The highest BCUT2D eigenvalue weighted by atomic mass is 32.2. The van der Waals surface area contributed by atoms with Gasteiger partial charge in [-0.25, -0.2) is 4.39 Å². The van der Waals surface area contributed by atoms with E-state index >= 15 is 0 Å². The summed E-state index contributed by atoms with van der Waals surface area (Å²) in [5.41, 5.74) is 0.754. The van der Waals surface area contributed by atoms with E-state index in [9.17, 15) is 14.0 Å². The SMILES string of the molecule is C[NH+]1CCN(C(=O)CCCN2C(=O)/C(=C/c3ccc(F)cc3)SC2=S)CC1. The van der Waals surface area contributed by atoms with Gasteiger partial charge in [-0.05, 0) is 30.2 Å². The van der Waals surface area contributed by atoms with Crippen molar-refractivity contribution in [3.63, 3.8) is 0 Å². The Morgan fingerprint density at radius 1 is 1.30 bits per heavy atom. The fourth-order valence-corrected chi connectivity index (χ4v) is 4.40. The molecule has 3 rings (SSSR count). The molecule has 0 atom stereocenters. The number of thiocarbonyl (C=S) groups is 1. The minimum Gasteiger partial charge on any atom is -0.334 e. The van der Waals surface area contributed by atoms with Crippen molar-refractivity contribution in [3.8, 4) is 0 Å². The summed E-state index contributed by atoms with van der Waals surface area (Å²) in [4.78, 5) is 30.3. The summed E-state index contributed by atoms with van der Waals surface area (Å²) >= 11 is 6.56. The number of nitrogens with zero attached hydrogens (tertiary/aromatic N) is 2. The lowest BCUT2D eigenvalue weighted by Gasteiger charge is -2.30. The van der Waals surface area contributed by atoms with E-state index in [1.54, 1.807) is 23.1 Å². The van der Waals surface area contributed by atoms with Gasteiger partial charge in [-0.1, -0.05) is 36.1 Å². The summed E-state index contributed by atoms with van der Waals surface area (Å²) in [6.45, 7) is 4.00. The summed E-state index contributed by atoms with van der Waals surface area (Å²) in [7, 11) is 2.14. The summed E-state index contributed by atoms with van der Waals surface area (Å²) in [6.07, 6.45) is 2.73. The molecule has 0 bridgehead atoms. The Hall–Kier alpha value is -1.77. The number of carbonyl (C=O) groups excluding carboxylic acids is 2. The van der Waals surface area contributed by atoms with E-state index in [0.717, 1.165) is 31.7 Å². The zero-order valence-corrected chi connectivity index (χ0v) is 16.9. The Kier molecular flexibility index (Phi) is 6.62. The topological polar surface area (TPSA) is 45.1 Å². The van der Waals surface area contributed by atoms with Crippen molar-refractivity contribution < 1.29 is 18.9 Å². The Bertz CT molecular complexity index is 759. The maximum Gasteiger partial charge on any atom is 0.266 e. The van der Waals surface area contributed by atoms with Crippen molar-refractivity contribution in [1.82, 2.24) is 9.80 Å². The van der Waals surface area contributed by atoms with Crippen LogP contribution >= 0.6 is 24.0 Å². The fraction of sp³-hybridized carbons (Fsp3) is 0.421. The molecule has 8 heteroatoms. The third kappa shape index (κ3) is 5.15. The zero-order valence-electron chi connectivity index (χ0n) is 15.2. The standard InChI is InChI=1S/C19H22FN3O2S2/c1-21-9-11-22(12-10-21)17(24)3-2-8-23-18(25)16(27-19(23)26)13-14-4-6-15(20)7-5-14/h4-7,13H,2-3,8-12H2,1H3/p+1/b16-13-. The largest absolute Gasteiger partial charge is 0.334 e. The van der Waals surface area contributed by atoms with Crippen molar-refractivity contribution in [2.45, 2.75) is 12.8 Å². The second-order valence-electron chi connectivity index (χ2n) is 6.83. The van der Waals surface area contributed by atoms with Gasteiger partial charge in [-0.15, -0.1) is 0 Å². The zero-order chi connectivity index (χ0) is 19.4. The summed E-state index contributed by atoms with van der Waals surface area (Å²) in [6, 6.07) is 5.96. The van der Waals surface area contributed by atoms with Crippen LogP contribution in [0, 0.1) is 5.82 Å². The molecule has 0 spiro atoms. The van der Waals surface area contributed by atoms with E-state index in [-0.39, 0.29) is 17.6 Å². The number of quaternary nitrogens is 1. The lowest BCUT2D eigenvalue weighted by atomic mass is 10.2. The number of nitrogens with one attached hydrogen (secondary N) is 1. The molecular formula is C19H23FN3O2S2+. The van der Waals surface area contributed by atoms with E-state index in [0.29, 0.717) is 28.6 Å². The summed E-state index contributed by atoms with van der Waals surface area (Å²) < 4.78 is 13.5. The number of benzene rings is 1. The molecule has 2 aliphatic rings. The van der Waals surface area contributed by atoms with Gasteiger partial charge in [-0.3, -0.25) is 14.5 Å². The maximum atomic E-state index is 13.0. The van der Waals surface area contributed by atoms with Crippen LogP contribution in [-0.4, -0.2) is 65.7 Å². The lowest BCUT2D eigenvalue weighted by molar-refractivity contribution is -0.883. The molecule has 0 aromatic heterocycles. The highest BCUT2D eigenvalue weighted by Crippen LogP contribution is 2.32. The monoisotopic (exact) mass is 408 g/mol. The quantitative estimate of drug-likeness (QED) is 0.587. The molecule has 2 saturated heterocycles. The molecule has 2 heterocycles. The molecule has 144 valence electrons. The maximum absolute atomic E-state index is 13.0. The third-order valence-corrected chi connectivity index (χ3v) is 6.16. The molecule has 0 aliphatic carbocycles. The number of likely N-dealkylation sites (N-methyl/N-ethyl adjacent to an activating group) is 1. The van der Waals surface area contributed by atoms with Gasteiger partial charge in [0, 0.05) is 13.0 Å². The Balaban J connectivity index is 1.52. The average Bonchev–Trinajstić information content (AvgIpc) is 2.91. The number of piperazine rings is 1. The number of hydrogen-bond acceptors (Lipinski definition) is 4. The molecule has 1 N–H and O–H groups in total. The highest BCUT2D eigenvalue weighted by molar-refractivity contribution is 8.26. The second-order valence-corrected chi connectivity index (χ2v) is 8.50. The number of amides is 2. The highest BCUT2D eigenvalue weighted by Gasteiger charge is 2.32. The average molecular weight is 409 g/mol. The van der Waals surface area contributed by atoms with Gasteiger partial charge in [0.25, 0.3) is 5.91 Å². The first-order chi connectivity index (χ1) is 12.9. The number of rotatable bonds is 5. The van der Waals surface area contributed by atoms with E-state index < -0.39 is 0 Å². The van der Waals surface area contributed by atoms with Crippen LogP contribution in [0.1, 0.15) is 18.4 Å². The van der Waals surface area contributed by atoms with E-state index in [1.165, 1.54) is 28.8 Å². The van der Waals surface area contributed by atoms with E-state index in [1.807, 2.05) is 4.90 Å². The molecule has 0 radical (unpaired) electrons. The summed E-state index contributed by atoms with van der Waals surface area (Å²) in [5.74, 6) is -0.314. The molecule has 1 aromatic rings. The first kappa shape index (κ1) is 20.0. The summed E-state index contributed by atoms with van der Waals surface area (Å²) in [5, 5.41) is 0. The number of halogens is 1. The van der Waals surface area contributed by atoms with Crippen LogP contribution in [0.5, 0.6) is 0 Å². The van der Waals surface area contributed by atoms with Crippen LogP contribution < -0.4 is 4.90 Å². The smallest absolute Gasteiger partial charge is 0.266 e. The van der Waals surface area contributed by atoms with Crippen molar-refractivity contribution in [2.75, 3.05) is 39.8 Å². The third-order valence-electron chi connectivity index (χ3n) is 4.78. The normalized spacial score (nSPS) is 20.0. The molecule has 1 aromatic carbocycles. The first-order valence-corrected chi connectivity index (χ1v) is 10.3. The van der Waals surface area contributed by atoms with Crippen LogP contribution in [0.3, 0.4) is 0 Å². The number of carbonyl (C=O) groups is 2. The molecule has 2 aliphatic heterocycles. The van der Waals surface area contributed by atoms with Gasteiger partial charge in [0.15, 0.2) is 0 Å². The van der Waals surface area contributed by atoms with Crippen LogP contribution in [0.2, 0.25) is 0 Å². The number of hydrogen-bond donors (Lipinski definition) is 1. The van der Waals surface area contributed by atoms with Crippen LogP contribution in [0.25, 0.3) is 6.08 Å². The predicted octanol–water partition coefficient (Wildman–Crippen LogP) is 1.16. The van der Waals surface area contributed by atoms with Crippen molar-refractivity contribution in [3.05, 3.63) is 40.6 Å². The Morgan fingerprint density at radius 2 is 1.96 bits per heavy atom. The minimum absolute atomic E-state index is 0.148.